The zero-order valence-corrected chi connectivity index (χ0v) is 11.7. The van der Waals surface area contributed by atoms with Gasteiger partial charge < -0.3 is 14.4 Å². The van der Waals surface area contributed by atoms with E-state index in [1.807, 2.05) is 0 Å². The first kappa shape index (κ1) is 14.3. The van der Waals surface area contributed by atoms with Crippen molar-refractivity contribution in [2.24, 2.45) is 5.92 Å². The first-order valence-corrected chi connectivity index (χ1v) is 7.40. The van der Waals surface area contributed by atoms with Crippen LogP contribution in [0.4, 0.5) is 0 Å². The van der Waals surface area contributed by atoms with E-state index in [0.717, 1.165) is 24.6 Å². The predicted octanol–water partition coefficient (Wildman–Crippen LogP) is 2.51. The monoisotopic (exact) mass is 286 g/mol. The van der Waals surface area contributed by atoms with Gasteiger partial charge in [-0.1, -0.05) is 36.2 Å². The Morgan fingerprint density at radius 3 is 2.89 bits per heavy atom. The molecule has 0 radical (unpaired) electrons. The van der Waals surface area contributed by atoms with E-state index < -0.39 is 5.97 Å². The minimum absolute atomic E-state index is 0.0806. The standard InChI is InChI=1S/C12H18N2O4S/c1-17-10(8-5-3-2-4-6-8)11-13-12(18-14-11)19-7-9(15)16/h8,10H,2-7H2,1H3,(H,15,16). The van der Waals surface area contributed by atoms with Gasteiger partial charge in [-0.15, -0.1) is 0 Å². The molecule has 1 aliphatic carbocycles. The smallest absolute Gasteiger partial charge is 0.314 e. The molecule has 0 bridgehead atoms. The highest BCUT2D eigenvalue weighted by Crippen LogP contribution is 2.35. The molecule has 106 valence electrons. The molecule has 0 aromatic carbocycles. The molecule has 0 amide bonds. The van der Waals surface area contributed by atoms with Crippen molar-refractivity contribution in [1.82, 2.24) is 10.1 Å². The van der Waals surface area contributed by atoms with Gasteiger partial charge in [-0.2, -0.15) is 4.98 Å². The average Bonchev–Trinajstić information content (AvgIpc) is 2.87. The maximum atomic E-state index is 10.5. The van der Waals surface area contributed by atoms with Crippen LogP contribution in [0.1, 0.15) is 44.0 Å². The van der Waals surface area contributed by atoms with E-state index in [0.29, 0.717) is 11.7 Å². The Kier molecular flexibility index (Phi) is 5.21. The Bertz CT molecular complexity index is 418. The number of aliphatic carboxylic acids is 1. The third-order valence-electron chi connectivity index (χ3n) is 3.33. The second-order valence-corrected chi connectivity index (χ2v) is 5.58. The van der Waals surface area contributed by atoms with Crippen LogP contribution in [-0.4, -0.2) is 34.1 Å². The zero-order valence-electron chi connectivity index (χ0n) is 10.9. The Hall–Kier alpha value is -1.08. The summed E-state index contributed by atoms with van der Waals surface area (Å²) in [6.07, 6.45) is 5.78. The number of carbonyl (C=O) groups is 1. The van der Waals surface area contributed by atoms with Gasteiger partial charge in [0.15, 0.2) is 0 Å². The number of aromatic nitrogens is 2. The molecule has 1 saturated carbocycles. The van der Waals surface area contributed by atoms with E-state index >= 15 is 0 Å². The molecule has 19 heavy (non-hydrogen) atoms. The number of methoxy groups -OCH3 is 1. The average molecular weight is 286 g/mol. The molecule has 6 nitrogen and oxygen atoms in total. The highest BCUT2D eigenvalue weighted by molar-refractivity contribution is 7.99. The summed E-state index contributed by atoms with van der Waals surface area (Å²) in [5.74, 6) is -0.0285. The molecule has 0 saturated heterocycles. The number of hydrogen-bond acceptors (Lipinski definition) is 6. The fourth-order valence-electron chi connectivity index (χ4n) is 2.46. The SMILES string of the molecule is COC(c1noc(SCC(=O)O)n1)C1CCCCC1. The number of rotatable bonds is 6. The van der Waals surface area contributed by atoms with Crippen molar-refractivity contribution in [3.05, 3.63) is 5.82 Å². The summed E-state index contributed by atoms with van der Waals surface area (Å²) in [5.41, 5.74) is 0. The van der Waals surface area contributed by atoms with Crippen molar-refractivity contribution < 1.29 is 19.2 Å². The predicted molar refractivity (Wildman–Crippen MR) is 69.0 cm³/mol. The molecule has 1 aromatic rings. The Morgan fingerprint density at radius 2 is 2.26 bits per heavy atom. The van der Waals surface area contributed by atoms with Crippen LogP contribution in [0, 0.1) is 5.92 Å². The number of hydrogen-bond donors (Lipinski definition) is 1. The highest BCUT2D eigenvalue weighted by Gasteiger charge is 2.29. The molecule has 1 fully saturated rings. The van der Waals surface area contributed by atoms with Gasteiger partial charge in [-0.05, 0) is 18.8 Å². The van der Waals surface area contributed by atoms with E-state index in [2.05, 4.69) is 10.1 Å². The topological polar surface area (TPSA) is 85.5 Å². The summed E-state index contributed by atoms with van der Waals surface area (Å²) in [6.45, 7) is 0. The van der Waals surface area contributed by atoms with Crippen LogP contribution in [-0.2, 0) is 9.53 Å². The molecule has 1 heterocycles. The van der Waals surface area contributed by atoms with Gasteiger partial charge in [0.1, 0.15) is 11.9 Å². The Labute approximate surface area is 115 Å². The van der Waals surface area contributed by atoms with Crippen LogP contribution in [0.2, 0.25) is 0 Å². The lowest BCUT2D eigenvalue weighted by Gasteiger charge is -2.26. The van der Waals surface area contributed by atoms with Crippen LogP contribution >= 0.6 is 11.8 Å². The summed E-state index contributed by atoms with van der Waals surface area (Å²) in [4.78, 5) is 14.7. The van der Waals surface area contributed by atoms with Crippen molar-refractivity contribution in [1.29, 1.82) is 0 Å². The van der Waals surface area contributed by atoms with Crippen LogP contribution < -0.4 is 0 Å². The van der Waals surface area contributed by atoms with Crippen molar-refractivity contribution in [3.8, 4) is 0 Å². The van der Waals surface area contributed by atoms with Crippen LogP contribution in [0.3, 0.4) is 0 Å². The van der Waals surface area contributed by atoms with E-state index in [-0.39, 0.29) is 17.1 Å². The Balaban J connectivity index is 1.99. The number of thioether (sulfide) groups is 1. The molecular weight excluding hydrogens is 268 g/mol. The van der Waals surface area contributed by atoms with E-state index in [1.165, 1.54) is 19.3 Å². The minimum atomic E-state index is -0.902. The van der Waals surface area contributed by atoms with Gasteiger partial charge in [0.05, 0.1) is 0 Å². The number of nitrogens with zero attached hydrogens (tertiary/aromatic N) is 2. The third-order valence-corrected chi connectivity index (χ3v) is 4.13. The van der Waals surface area contributed by atoms with Crippen molar-refractivity contribution in [2.75, 3.05) is 12.9 Å². The second kappa shape index (κ2) is 6.91. The maximum absolute atomic E-state index is 10.5. The van der Waals surface area contributed by atoms with Crippen molar-refractivity contribution in [3.63, 3.8) is 0 Å². The van der Waals surface area contributed by atoms with Crippen molar-refractivity contribution in [2.45, 2.75) is 43.4 Å². The lowest BCUT2D eigenvalue weighted by molar-refractivity contribution is -0.133. The summed E-state index contributed by atoms with van der Waals surface area (Å²) in [5, 5.41) is 12.8. The summed E-state index contributed by atoms with van der Waals surface area (Å²) < 4.78 is 10.6. The first-order chi connectivity index (χ1) is 9.20. The lowest BCUT2D eigenvalue weighted by atomic mass is 9.85. The number of carboxylic acid groups (broad SMARTS) is 1. The molecular formula is C12H18N2O4S. The minimum Gasteiger partial charge on any atom is -0.481 e. The largest absolute Gasteiger partial charge is 0.481 e. The summed E-state index contributed by atoms with van der Waals surface area (Å²) in [7, 11) is 1.65. The second-order valence-electron chi connectivity index (χ2n) is 4.66. The summed E-state index contributed by atoms with van der Waals surface area (Å²) in [6, 6.07) is 0. The molecule has 0 spiro atoms. The Morgan fingerprint density at radius 1 is 1.53 bits per heavy atom. The van der Waals surface area contributed by atoms with Crippen LogP contribution in [0.15, 0.2) is 9.75 Å². The van der Waals surface area contributed by atoms with E-state index in [1.54, 1.807) is 7.11 Å². The highest BCUT2D eigenvalue weighted by atomic mass is 32.2. The van der Waals surface area contributed by atoms with Gasteiger partial charge in [-0.25, -0.2) is 0 Å². The molecule has 1 aliphatic rings. The molecule has 2 rings (SSSR count). The van der Waals surface area contributed by atoms with Crippen molar-refractivity contribution >= 4 is 17.7 Å². The quantitative estimate of drug-likeness (QED) is 0.804. The normalized spacial score (nSPS) is 18.4. The fraction of sp³-hybridized carbons (Fsp3) is 0.750. The number of carboxylic acids is 1. The third kappa shape index (κ3) is 3.94. The lowest BCUT2D eigenvalue weighted by Crippen LogP contribution is -2.19. The molecule has 1 N–H and O–H groups in total. The molecule has 1 unspecified atom stereocenters. The van der Waals surface area contributed by atoms with E-state index in [4.69, 9.17) is 14.4 Å². The molecule has 1 atom stereocenters. The molecule has 0 aliphatic heterocycles. The van der Waals surface area contributed by atoms with Gasteiger partial charge in [0.2, 0.25) is 5.82 Å². The van der Waals surface area contributed by atoms with E-state index in [9.17, 15) is 4.79 Å². The maximum Gasteiger partial charge on any atom is 0.314 e. The van der Waals surface area contributed by atoms with Gasteiger partial charge >= 0.3 is 5.97 Å². The fourth-order valence-corrected chi connectivity index (χ4v) is 2.96. The van der Waals surface area contributed by atoms with Crippen LogP contribution in [0.25, 0.3) is 0 Å². The summed E-state index contributed by atoms with van der Waals surface area (Å²) >= 11 is 1.03. The van der Waals surface area contributed by atoms with Crippen LogP contribution in [0.5, 0.6) is 0 Å². The van der Waals surface area contributed by atoms with Gasteiger partial charge in [-0.3, -0.25) is 4.79 Å². The van der Waals surface area contributed by atoms with Gasteiger partial charge in [0.25, 0.3) is 5.22 Å². The first-order valence-electron chi connectivity index (χ1n) is 6.41. The van der Waals surface area contributed by atoms with Gasteiger partial charge in [0, 0.05) is 7.11 Å². The molecule has 7 heteroatoms. The zero-order chi connectivity index (χ0) is 13.7. The number of ether oxygens (including phenoxy) is 1. The molecule has 1 aromatic heterocycles.